The van der Waals surface area contributed by atoms with Crippen LogP contribution in [0.25, 0.3) is 16.9 Å². The molecule has 0 saturated carbocycles. The Morgan fingerprint density at radius 3 is 1.94 bits per heavy atom. The molecule has 2 aromatic heterocycles. The van der Waals surface area contributed by atoms with Crippen LogP contribution in [0.2, 0.25) is 0 Å². The number of carbonyl (C=O) groups is 1. The molecule has 0 amide bonds. The third-order valence-corrected chi connectivity index (χ3v) is 5.36. The average molecular weight is 420 g/mol. The van der Waals surface area contributed by atoms with Crippen LogP contribution in [0.1, 0.15) is 16.1 Å². The van der Waals surface area contributed by atoms with Crippen molar-refractivity contribution in [2.45, 2.75) is 6.92 Å². The van der Waals surface area contributed by atoms with E-state index in [1.807, 2.05) is 54.6 Å². The summed E-state index contributed by atoms with van der Waals surface area (Å²) in [5, 5.41) is 14.0. The smallest absolute Gasteiger partial charge is 0.341 e. The van der Waals surface area contributed by atoms with Crippen molar-refractivity contribution in [3.05, 3.63) is 108 Å². The number of aromatic carboxylic acids is 1. The van der Waals surface area contributed by atoms with Crippen LogP contribution in [0.4, 0.5) is 17.1 Å². The minimum Gasteiger partial charge on any atom is -0.477 e. The molecule has 0 aliphatic heterocycles. The maximum atomic E-state index is 11.6. The Hall–Kier alpha value is -4.45. The number of fused-ring (bicyclic) bond motifs is 1. The van der Waals surface area contributed by atoms with Crippen molar-refractivity contribution in [1.29, 1.82) is 0 Å². The van der Waals surface area contributed by atoms with Gasteiger partial charge in [-0.1, -0.05) is 48.5 Å². The molecule has 6 heteroatoms. The lowest BCUT2D eigenvalue weighted by atomic mass is 10.1. The average Bonchev–Trinajstić information content (AvgIpc) is 3.17. The molecule has 5 aromatic rings. The van der Waals surface area contributed by atoms with Crippen molar-refractivity contribution >= 4 is 28.7 Å². The lowest BCUT2D eigenvalue weighted by Gasteiger charge is -2.25. The molecule has 0 aliphatic rings. The van der Waals surface area contributed by atoms with E-state index in [0.717, 1.165) is 28.3 Å². The zero-order chi connectivity index (χ0) is 22.1. The van der Waals surface area contributed by atoms with Gasteiger partial charge >= 0.3 is 5.97 Å². The molecular formula is C26H20N4O2. The molecule has 5 rings (SSSR count). The van der Waals surface area contributed by atoms with Gasteiger partial charge in [0.15, 0.2) is 5.65 Å². The van der Waals surface area contributed by atoms with Crippen LogP contribution in [0.5, 0.6) is 0 Å². The van der Waals surface area contributed by atoms with E-state index in [-0.39, 0.29) is 5.56 Å². The van der Waals surface area contributed by atoms with Crippen molar-refractivity contribution in [3.8, 4) is 11.3 Å². The largest absolute Gasteiger partial charge is 0.477 e. The first-order valence-electron chi connectivity index (χ1n) is 10.2. The Bertz CT molecular complexity index is 1360. The Morgan fingerprint density at radius 1 is 0.812 bits per heavy atom. The van der Waals surface area contributed by atoms with Gasteiger partial charge in [-0.05, 0) is 49.4 Å². The summed E-state index contributed by atoms with van der Waals surface area (Å²) in [4.78, 5) is 18.1. The van der Waals surface area contributed by atoms with Gasteiger partial charge in [0, 0.05) is 28.8 Å². The molecule has 1 N–H and O–H groups in total. The number of rotatable bonds is 5. The van der Waals surface area contributed by atoms with Crippen LogP contribution in [-0.2, 0) is 0 Å². The van der Waals surface area contributed by atoms with Crippen molar-refractivity contribution < 1.29 is 9.90 Å². The van der Waals surface area contributed by atoms with E-state index in [0.29, 0.717) is 11.3 Å². The van der Waals surface area contributed by atoms with Gasteiger partial charge in [0.05, 0.1) is 11.4 Å². The Labute approximate surface area is 185 Å². The summed E-state index contributed by atoms with van der Waals surface area (Å²) in [6, 6.07) is 30.4. The van der Waals surface area contributed by atoms with Gasteiger partial charge in [0.1, 0.15) is 5.56 Å². The van der Waals surface area contributed by atoms with E-state index in [2.05, 4.69) is 51.4 Å². The van der Waals surface area contributed by atoms with Gasteiger partial charge in [0.2, 0.25) is 0 Å². The van der Waals surface area contributed by atoms with E-state index in [4.69, 9.17) is 0 Å². The second-order valence-electron chi connectivity index (χ2n) is 7.38. The molecule has 0 fully saturated rings. The maximum absolute atomic E-state index is 11.6. The number of hydrogen-bond acceptors (Lipinski definition) is 4. The molecule has 0 spiro atoms. The molecule has 0 radical (unpaired) electrons. The van der Waals surface area contributed by atoms with Crippen molar-refractivity contribution in [1.82, 2.24) is 14.6 Å². The van der Waals surface area contributed by atoms with Gasteiger partial charge < -0.3 is 10.0 Å². The van der Waals surface area contributed by atoms with Crippen molar-refractivity contribution in [3.63, 3.8) is 0 Å². The summed E-state index contributed by atoms with van der Waals surface area (Å²) >= 11 is 0. The number of nitrogens with zero attached hydrogens (tertiary/aromatic N) is 4. The molecule has 0 saturated heterocycles. The van der Waals surface area contributed by atoms with Gasteiger partial charge in [-0.3, -0.25) is 0 Å². The third-order valence-electron chi connectivity index (χ3n) is 5.36. The summed E-state index contributed by atoms with van der Waals surface area (Å²) in [5.41, 5.74) is 5.74. The van der Waals surface area contributed by atoms with Crippen LogP contribution < -0.4 is 4.90 Å². The number of benzene rings is 3. The SMILES string of the molecule is Cc1nn2c(-c3ccc(N(c4ccccc4)c4ccccc4)cc3)ccnc2c1C(=O)O. The minimum absolute atomic E-state index is 0.128. The topological polar surface area (TPSA) is 70.7 Å². The van der Waals surface area contributed by atoms with Crippen LogP contribution >= 0.6 is 0 Å². The van der Waals surface area contributed by atoms with E-state index < -0.39 is 5.97 Å². The van der Waals surface area contributed by atoms with Gasteiger partial charge in [-0.15, -0.1) is 0 Å². The first-order valence-corrected chi connectivity index (χ1v) is 10.2. The molecule has 3 aromatic carbocycles. The number of carboxylic acid groups (broad SMARTS) is 1. The summed E-state index contributed by atoms with van der Waals surface area (Å²) in [6.07, 6.45) is 1.62. The molecule has 6 nitrogen and oxygen atoms in total. The van der Waals surface area contributed by atoms with Crippen LogP contribution in [0, 0.1) is 6.92 Å². The van der Waals surface area contributed by atoms with E-state index in [1.165, 1.54) is 0 Å². The van der Waals surface area contributed by atoms with Crippen LogP contribution in [0.15, 0.2) is 97.2 Å². The third kappa shape index (κ3) is 3.37. The van der Waals surface area contributed by atoms with Gasteiger partial charge in [-0.2, -0.15) is 5.10 Å². The highest BCUT2D eigenvalue weighted by molar-refractivity contribution is 5.96. The molecular weight excluding hydrogens is 400 g/mol. The summed E-state index contributed by atoms with van der Waals surface area (Å²) < 4.78 is 1.60. The molecule has 0 aliphatic carbocycles. The van der Waals surface area contributed by atoms with E-state index in [9.17, 15) is 9.90 Å². The minimum atomic E-state index is -1.03. The predicted molar refractivity (Wildman–Crippen MR) is 125 cm³/mol. The van der Waals surface area contributed by atoms with Crippen LogP contribution in [0.3, 0.4) is 0 Å². The van der Waals surface area contributed by atoms with Crippen LogP contribution in [-0.4, -0.2) is 25.7 Å². The fraction of sp³-hybridized carbons (Fsp3) is 0.0385. The highest BCUT2D eigenvalue weighted by Gasteiger charge is 2.19. The summed E-state index contributed by atoms with van der Waals surface area (Å²) in [7, 11) is 0. The fourth-order valence-electron chi connectivity index (χ4n) is 3.90. The number of anilines is 3. The number of aryl methyl sites for hydroxylation is 1. The fourth-order valence-corrected chi connectivity index (χ4v) is 3.90. The number of hydrogen-bond donors (Lipinski definition) is 1. The van der Waals surface area contributed by atoms with Crippen molar-refractivity contribution in [2.24, 2.45) is 0 Å². The Morgan fingerprint density at radius 2 is 1.38 bits per heavy atom. The zero-order valence-electron chi connectivity index (χ0n) is 17.4. The Balaban J connectivity index is 1.60. The predicted octanol–water partition coefficient (Wildman–Crippen LogP) is 5.87. The maximum Gasteiger partial charge on any atom is 0.341 e. The zero-order valence-corrected chi connectivity index (χ0v) is 17.4. The summed E-state index contributed by atoms with van der Waals surface area (Å²) in [5.74, 6) is -1.03. The van der Waals surface area contributed by atoms with Gasteiger partial charge in [0.25, 0.3) is 0 Å². The first kappa shape index (κ1) is 19.5. The Kier molecular flexibility index (Phi) is 4.88. The standard InChI is InChI=1S/C26H20N4O2/c1-18-24(26(31)32)25-27-17-16-23(30(25)28-18)19-12-14-22(15-13-19)29(20-8-4-2-5-9-20)21-10-6-3-7-11-21/h2-17H,1H3,(H,31,32). The molecule has 2 heterocycles. The van der Waals surface area contributed by atoms with Gasteiger partial charge in [-0.25, -0.2) is 14.3 Å². The highest BCUT2D eigenvalue weighted by Crippen LogP contribution is 2.35. The van der Waals surface area contributed by atoms with E-state index in [1.54, 1.807) is 17.6 Å². The summed E-state index contributed by atoms with van der Waals surface area (Å²) in [6.45, 7) is 1.68. The molecule has 32 heavy (non-hydrogen) atoms. The molecule has 0 bridgehead atoms. The molecule has 0 atom stereocenters. The number of aromatic nitrogens is 3. The highest BCUT2D eigenvalue weighted by atomic mass is 16.4. The monoisotopic (exact) mass is 420 g/mol. The molecule has 0 unspecified atom stereocenters. The normalized spacial score (nSPS) is 10.9. The second kappa shape index (κ2) is 8.00. The molecule has 156 valence electrons. The number of carboxylic acids is 1. The lowest BCUT2D eigenvalue weighted by Crippen LogP contribution is -2.09. The number of para-hydroxylation sites is 2. The second-order valence-corrected chi connectivity index (χ2v) is 7.38. The lowest BCUT2D eigenvalue weighted by molar-refractivity contribution is 0.0698. The quantitative estimate of drug-likeness (QED) is 0.385. The van der Waals surface area contributed by atoms with Crippen molar-refractivity contribution in [2.75, 3.05) is 4.90 Å². The van der Waals surface area contributed by atoms with E-state index >= 15 is 0 Å². The first-order chi connectivity index (χ1) is 15.6.